The van der Waals surface area contributed by atoms with Gasteiger partial charge in [0.1, 0.15) is 0 Å². The normalized spacial score (nSPS) is 11.3. The van der Waals surface area contributed by atoms with Gasteiger partial charge in [-0.1, -0.05) is 60.7 Å². The summed E-state index contributed by atoms with van der Waals surface area (Å²) >= 11 is 0. The maximum Gasteiger partial charge on any atom is 0.330 e. The Morgan fingerprint density at radius 2 is 1.59 bits per heavy atom. The number of hydrogen-bond donors (Lipinski definition) is 3. The zero-order chi connectivity index (χ0) is 19.6. The lowest BCUT2D eigenvalue weighted by Gasteiger charge is -2.18. The SMILES string of the molecule is CN(Cc1ccccc1)C(=O)NCCC(=O)N[C@@H](C(=O)O)c1ccccc1. The van der Waals surface area contributed by atoms with Crippen LogP contribution in [0.4, 0.5) is 4.79 Å². The summed E-state index contributed by atoms with van der Waals surface area (Å²) < 4.78 is 0. The van der Waals surface area contributed by atoms with Crippen molar-refractivity contribution in [2.24, 2.45) is 0 Å². The highest BCUT2D eigenvalue weighted by Gasteiger charge is 2.21. The molecule has 0 saturated carbocycles. The van der Waals surface area contributed by atoms with Crippen molar-refractivity contribution in [2.45, 2.75) is 19.0 Å². The van der Waals surface area contributed by atoms with Crippen LogP contribution in [-0.4, -0.2) is 41.5 Å². The number of aliphatic carboxylic acids is 1. The Morgan fingerprint density at radius 1 is 1.00 bits per heavy atom. The predicted octanol–water partition coefficient (Wildman–Crippen LogP) is 2.16. The number of carbonyl (C=O) groups excluding carboxylic acids is 2. The molecule has 0 aliphatic carbocycles. The topological polar surface area (TPSA) is 98.7 Å². The fraction of sp³-hybridized carbons (Fsp3) is 0.250. The van der Waals surface area contributed by atoms with Gasteiger partial charge in [0.05, 0.1) is 0 Å². The van der Waals surface area contributed by atoms with Crippen molar-refractivity contribution in [3.8, 4) is 0 Å². The monoisotopic (exact) mass is 369 g/mol. The molecule has 0 fully saturated rings. The average Bonchev–Trinajstić information content (AvgIpc) is 2.67. The van der Waals surface area contributed by atoms with E-state index in [9.17, 15) is 19.5 Å². The summed E-state index contributed by atoms with van der Waals surface area (Å²) in [6.07, 6.45) is -0.0124. The first-order valence-electron chi connectivity index (χ1n) is 8.57. The molecule has 27 heavy (non-hydrogen) atoms. The highest BCUT2D eigenvalue weighted by atomic mass is 16.4. The minimum absolute atomic E-state index is 0.0124. The van der Waals surface area contributed by atoms with Gasteiger partial charge in [0.2, 0.25) is 5.91 Å². The van der Waals surface area contributed by atoms with Gasteiger partial charge in [-0.05, 0) is 11.1 Å². The summed E-state index contributed by atoms with van der Waals surface area (Å²) in [4.78, 5) is 37.0. The predicted molar refractivity (Wildman–Crippen MR) is 101 cm³/mol. The molecule has 0 saturated heterocycles. The van der Waals surface area contributed by atoms with Gasteiger partial charge in [-0.25, -0.2) is 9.59 Å². The zero-order valence-electron chi connectivity index (χ0n) is 15.1. The van der Waals surface area contributed by atoms with E-state index in [1.54, 1.807) is 37.4 Å². The molecule has 1 atom stereocenters. The van der Waals surface area contributed by atoms with Crippen LogP contribution in [0, 0.1) is 0 Å². The summed E-state index contributed by atoms with van der Waals surface area (Å²) in [5.74, 6) is -1.58. The first-order chi connectivity index (χ1) is 13.0. The Kier molecular flexibility index (Phi) is 7.37. The van der Waals surface area contributed by atoms with Gasteiger partial charge >= 0.3 is 12.0 Å². The second-order valence-electron chi connectivity index (χ2n) is 6.07. The second kappa shape index (κ2) is 9.96. The Morgan fingerprint density at radius 3 is 2.19 bits per heavy atom. The molecule has 3 N–H and O–H groups in total. The molecule has 0 spiro atoms. The van der Waals surface area contributed by atoms with Crippen molar-refractivity contribution in [3.05, 3.63) is 71.8 Å². The molecule has 2 rings (SSSR count). The van der Waals surface area contributed by atoms with Gasteiger partial charge < -0.3 is 20.6 Å². The lowest BCUT2D eigenvalue weighted by Crippen LogP contribution is -2.40. The largest absolute Gasteiger partial charge is 0.479 e. The Balaban J connectivity index is 1.77. The third kappa shape index (κ3) is 6.47. The standard InChI is InChI=1S/C20H23N3O4/c1-23(14-15-8-4-2-5-9-15)20(27)21-13-12-17(24)22-18(19(25)26)16-10-6-3-7-11-16/h2-11,18H,12-14H2,1H3,(H,21,27)(H,22,24)(H,25,26)/t18-/m1/s1. The number of carbonyl (C=O) groups is 3. The highest BCUT2D eigenvalue weighted by molar-refractivity contribution is 5.85. The van der Waals surface area contributed by atoms with E-state index in [0.717, 1.165) is 5.56 Å². The molecule has 0 aliphatic rings. The molecule has 142 valence electrons. The summed E-state index contributed by atoms with van der Waals surface area (Å²) in [6, 6.07) is 16.6. The van der Waals surface area contributed by atoms with Crippen LogP contribution < -0.4 is 10.6 Å². The number of nitrogens with zero attached hydrogens (tertiary/aromatic N) is 1. The van der Waals surface area contributed by atoms with Crippen molar-refractivity contribution in [3.63, 3.8) is 0 Å². The molecule has 0 unspecified atom stereocenters. The number of benzene rings is 2. The maximum absolute atomic E-state index is 12.1. The van der Waals surface area contributed by atoms with Crippen LogP contribution in [0.1, 0.15) is 23.6 Å². The van der Waals surface area contributed by atoms with E-state index in [0.29, 0.717) is 12.1 Å². The molecule has 0 bridgehead atoms. The Bertz CT molecular complexity index is 765. The minimum atomic E-state index is -1.14. The van der Waals surface area contributed by atoms with Crippen molar-refractivity contribution >= 4 is 17.9 Å². The molecule has 3 amide bonds. The van der Waals surface area contributed by atoms with Crippen molar-refractivity contribution in [1.82, 2.24) is 15.5 Å². The van der Waals surface area contributed by atoms with E-state index in [4.69, 9.17) is 0 Å². The van der Waals surface area contributed by atoms with Crippen molar-refractivity contribution in [1.29, 1.82) is 0 Å². The van der Waals surface area contributed by atoms with E-state index in [2.05, 4.69) is 10.6 Å². The second-order valence-corrected chi connectivity index (χ2v) is 6.07. The summed E-state index contributed by atoms with van der Waals surface area (Å²) in [6.45, 7) is 0.568. The van der Waals surface area contributed by atoms with Gasteiger partial charge in [-0.3, -0.25) is 4.79 Å². The van der Waals surface area contributed by atoms with Crippen LogP contribution in [0.25, 0.3) is 0 Å². The van der Waals surface area contributed by atoms with Gasteiger partial charge in [0.25, 0.3) is 0 Å². The van der Waals surface area contributed by atoms with Crippen LogP contribution in [-0.2, 0) is 16.1 Å². The van der Waals surface area contributed by atoms with Crippen LogP contribution in [0.3, 0.4) is 0 Å². The summed E-state index contributed by atoms with van der Waals surface area (Å²) in [7, 11) is 1.66. The number of carboxylic acid groups (broad SMARTS) is 1. The van der Waals surface area contributed by atoms with Gasteiger partial charge in [-0.15, -0.1) is 0 Å². The number of amides is 3. The van der Waals surface area contributed by atoms with E-state index in [-0.39, 0.29) is 19.0 Å². The third-order valence-electron chi connectivity index (χ3n) is 3.92. The maximum atomic E-state index is 12.1. The molecule has 0 heterocycles. The quantitative estimate of drug-likeness (QED) is 0.664. The Hall–Kier alpha value is -3.35. The lowest BCUT2D eigenvalue weighted by atomic mass is 10.1. The van der Waals surface area contributed by atoms with Crippen LogP contribution >= 0.6 is 0 Å². The number of urea groups is 1. The van der Waals surface area contributed by atoms with Crippen LogP contribution in [0.5, 0.6) is 0 Å². The number of carboxylic acids is 1. The summed E-state index contributed by atoms with van der Waals surface area (Å²) in [5.41, 5.74) is 1.49. The first-order valence-corrected chi connectivity index (χ1v) is 8.57. The van der Waals surface area contributed by atoms with Gasteiger partial charge in [0, 0.05) is 26.6 Å². The number of rotatable bonds is 8. The van der Waals surface area contributed by atoms with E-state index < -0.39 is 17.9 Å². The van der Waals surface area contributed by atoms with E-state index >= 15 is 0 Å². The molecule has 0 aliphatic heterocycles. The fourth-order valence-electron chi connectivity index (χ4n) is 2.51. The molecular formula is C20H23N3O4. The highest BCUT2D eigenvalue weighted by Crippen LogP contribution is 2.12. The smallest absolute Gasteiger partial charge is 0.330 e. The molecule has 7 nitrogen and oxygen atoms in total. The van der Waals surface area contributed by atoms with E-state index in [1.807, 2.05) is 30.3 Å². The zero-order valence-corrected chi connectivity index (χ0v) is 15.1. The number of nitrogens with one attached hydrogen (secondary N) is 2. The van der Waals surface area contributed by atoms with Crippen LogP contribution in [0.2, 0.25) is 0 Å². The average molecular weight is 369 g/mol. The van der Waals surface area contributed by atoms with Crippen LogP contribution in [0.15, 0.2) is 60.7 Å². The third-order valence-corrected chi connectivity index (χ3v) is 3.92. The summed E-state index contributed by atoms with van der Waals surface area (Å²) in [5, 5.41) is 14.4. The fourth-order valence-corrected chi connectivity index (χ4v) is 2.51. The molecule has 0 radical (unpaired) electrons. The molecule has 2 aromatic carbocycles. The van der Waals surface area contributed by atoms with Gasteiger partial charge in [0.15, 0.2) is 6.04 Å². The minimum Gasteiger partial charge on any atom is -0.479 e. The number of hydrogen-bond acceptors (Lipinski definition) is 3. The lowest BCUT2D eigenvalue weighted by molar-refractivity contribution is -0.142. The Labute approximate surface area is 158 Å². The molecule has 2 aromatic rings. The molecule has 0 aromatic heterocycles. The molecule has 7 heteroatoms. The van der Waals surface area contributed by atoms with E-state index in [1.165, 1.54) is 4.90 Å². The van der Waals surface area contributed by atoms with Crippen molar-refractivity contribution < 1.29 is 19.5 Å². The first kappa shape index (κ1) is 20.0. The molecular weight excluding hydrogens is 346 g/mol. The van der Waals surface area contributed by atoms with Gasteiger partial charge in [-0.2, -0.15) is 0 Å². The van der Waals surface area contributed by atoms with Crippen molar-refractivity contribution in [2.75, 3.05) is 13.6 Å².